The van der Waals surface area contributed by atoms with Crippen LogP contribution in [0.25, 0.3) is 11.0 Å². The summed E-state index contributed by atoms with van der Waals surface area (Å²) in [5, 5.41) is 3.00. The number of fused-ring (bicyclic) bond motifs is 1. The van der Waals surface area contributed by atoms with E-state index >= 15 is 0 Å². The van der Waals surface area contributed by atoms with Crippen LogP contribution in [0.3, 0.4) is 0 Å². The summed E-state index contributed by atoms with van der Waals surface area (Å²) in [7, 11) is 0. The number of rotatable bonds is 8. The molecular formula is C23H26N4O2S. The van der Waals surface area contributed by atoms with E-state index < -0.39 is 0 Å². The van der Waals surface area contributed by atoms with Crippen LogP contribution in [-0.2, 0) is 11.2 Å². The fraction of sp³-hybridized carbons (Fsp3) is 0.348. The molecule has 2 aromatic carbocycles. The largest absolute Gasteiger partial charge is 0.352 e. The van der Waals surface area contributed by atoms with Crippen molar-refractivity contribution in [1.29, 1.82) is 0 Å². The van der Waals surface area contributed by atoms with E-state index in [9.17, 15) is 9.59 Å². The zero-order valence-corrected chi connectivity index (χ0v) is 17.7. The molecule has 2 amide bonds. The topological polar surface area (TPSA) is 78.1 Å². The second-order valence-electron chi connectivity index (χ2n) is 7.43. The normalized spacial score (nSPS) is 13.7. The van der Waals surface area contributed by atoms with Crippen molar-refractivity contribution < 1.29 is 9.59 Å². The van der Waals surface area contributed by atoms with Crippen molar-refractivity contribution in [2.45, 2.75) is 30.6 Å². The van der Waals surface area contributed by atoms with Crippen molar-refractivity contribution >= 4 is 34.6 Å². The number of imidazole rings is 1. The van der Waals surface area contributed by atoms with Gasteiger partial charge in [-0.05, 0) is 43.5 Å². The Kier molecular flexibility index (Phi) is 6.69. The summed E-state index contributed by atoms with van der Waals surface area (Å²) in [6.07, 6.45) is 3.75. The predicted molar refractivity (Wildman–Crippen MR) is 120 cm³/mol. The van der Waals surface area contributed by atoms with E-state index in [0.29, 0.717) is 17.9 Å². The van der Waals surface area contributed by atoms with Gasteiger partial charge >= 0.3 is 0 Å². The Morgan fingerprint density at radius 1 is 1.07 bits per heavy atom. The van der Waals surface area contributed by atoms with Crippen molar-refractivity contribution in [3.05, 3.63) is 59.9 Å². The standard InChI is InChI=1S/C23H26N4O2S/c28-22(27-14-5-6-15-27)16-30-20-11-4-1-8-17(20)23(29)24-13-7-12-21-25-18-9-2-3-10-19(18)26-21/h1-4,8-11H,5-7,12-16H2,(H,24,29)(H,25,26). The number of aryl methyl sites for hydroxylation is 1. The molecule has 156 valence electrons. The van der Waals surface area contributed by atoms with Crippen LogP contribution in [0.5, 0.6) is 0 Å². The smallest absolute Gasteiger partial charge is 0.252 e. The Bertz CT molecular complexity index is 994. The van der Waals surface area contributed by atoms with Gasteiger partial charge in [0.25, 0.3) is 5.91 Å². The summed E-state index contributed by atoms with van der Waals surface area (Å²) in [6, 6.07) is 15.4. The Morgan fingerprint density at radius 3 is 2.67 bits per heavy atom. The summed E-state index contributed by atoms with van der Waals surface area (Å²) < 4.78 is 0. The predicted octanol–water partition coefficient (Wildman–Crippen LogP) is 3.64. The van der Waals surface area contributed by atoms with Gasteiger partial charge in [-0.2, -0.15) is 0 Å². The lowest BCUT2D eigenvalue weighted by molar-refractivity contribution is -0.127. The third-order valence-electron chi connectivity index (χ3n) is 5.26. The summed E-state index contributed by atoms with van der Waals surface area (Å²) in [5.74, 6) is 1.35. The summed E-state index contributed by atoms with van der Waals surface area (Å²) in [6.45, 7) is 2.28. The Labute approximate surface area is 180 Å². The number of aromatic nitrogens is 2. The molecule has 0 bridgehead atoms. The molecule has 4 rings (SSSR count). The summed E-state index contributed by atoms with van der Waals surface area (Å²) >= 11 is 1.44. The van der Waals surface area contributed by atoms with Crippen molar-refractivity contribution in [1.82, 2.24) is 20.2 Å². The molecule has 0 unspecified atom stereocenters. The molecule has 0 radical (unpaired) electrons. The summed E-state index contributed by atoms with van der Waals surface area (Å²) in [4.78, 5) is 35.6. The first-order chi connectivity index (χ1) is 14.7. The molecule has 1 aromatic heterocycles. The molecule has 2 heterocycles. The minimum atomic E-state index is -0.101. The average molecular weight is 423 g/mol. The maximum absolute atomic E-state index is 12.7. The number of likely N-dealkylation sites (tertiary alicyclic amines) is 1. The Hall–Kier alpha value is -2.80. The quantitative estimate of drug-likeness (QED) is 0.429. The highest BCUT2D eigenvalue weighted by Gasteiger charge is 2.19. The first-order valence-electron chi connectivity index (χ1n) is 10.4. The van der Waals surface area contributed by atoms with Crippen LogP contribution < -0.4 is 5.32 Å². The molecule has 30 heavy (non-hydrogen) atoms. The Morgan fingerprint density at radius 2 is 1.83 bits per heavy atom. The highest BCUT2D eigenvalue weighted by atomic mass is 32.2. The van der Waals surface area contributed by atoms with Gasteiger partial charge in [0.05, 0.1) is 22.3 Å². The van der Waals surface area contributed by atoms with Gasteiger partial charge in [-0.25, -0.2) is 4.98 Å². The number of carbonyl (C=O) groups is 2. The number of nitrogens with one attached hydrogen (secondary N) is 2. The van der Waals surface area contributed by atoms with Gasteiger partial charge in [0.15, 0.2) is 0 Å². The van der Waals surface area contributed by atoms with E-state index in [4.69, 9.17) is 0 Å². The van der Waals surface area contributed by atoms with Crippen LogP contribution in [0, 0.1) is 0 Å². The maximum Gasteiger partial charge on any atom is 0.252 e. The molecule has 1 aliphatic rings. The van der Waals surface area contributed by atoms with Gasteiger partial charge in [0.2, 0.25) is 5.91 Å². The SMILES string of the molecule is O=C(NCCCc1nc2ccccc2[nH]1)c1ccccc1SCC(=O)N1CCCC1. The van der Waals surface area contributed by atoms with Gasteiger partial charge in [-0.1, -0.05) is 24.3 Å². The Balaban J connectivity index is 1.27. The van der Waals surface area contributed by atoms with Crippen molar-refractivity contribution in [3.63, 3.8) is 0 Å². The zero-order chi connectivity index (χ0) is 20.8. The molecule has 0 atom stereocenters. The van der Waals surface area contributed by atoms with Crippen LogP contribution in [0.1, 0.15) is 35.4 Å². The van der Waals surface area contributed by atoms with E-state index in [1.165, 1.54) is 11.8 Å². The van der Waals surface area contributed by atoms with Crippen LogP contribution in [0.15, 0.2) is 53.4 Å². The van der Waals surface area contributed by atoms with Crippen molar-refractivity contribution in [2.75, 3.05) is 25.4 Å². The molecule has 1 fully saturated rings. The van der Waals surface area contributed by atoms with Gasteiger partial charge in [-0.15, -0.1) is 11.8 Å². The third kappa shape index (κ3) is 5.02. The number of hydrogen-bond acceptors (Lipinski definition) is 4. The molecule has 6 nitrogen and oxygen atoms in total. The van der Waals surface area contributed by atoms with E-state index in [2.05, 4.69) is 15.3 Å². The van der Waals surface area contributed by atoms with Crippen LogP contribution >= 0.6 is 11.8 Å². The number of nitrogens with zero attached hydrogens (tertiary/aromatic N) is 2. The molecule has 0 aliphatic carbocycles. The zero-order valence-electron chi connectivity index (χ0n) is 16.9. The number of aromatic amines is 1. The lowest BCUT2D eigenvalue weighted by Gasteiger charge is -2.15. The van der Waals surface area contributed by atoms with E-state index in [-0.39, 0.29) is 11.8 Å². The highest BCUT2D eigenvalue weighted by Crippen LogP contribution is 2.23. The fourth-order valence-corrected chi connectivity index (χ4v) is 4.61. The third-order valence-corrected chi connectivity index (χ3v) is 6.31. The lowest BCUT2D eigenvalue weighted by atomic mass is 10.2. The van der Waals surface area contributed by atoms with E-state index in [1.54, 1.807) is 0 Å². The second-order valence-corrected chi connectivity index (χ2v) is 8.45. The number of thioether (sulfide) groups is 1. The van der Waals surface area contributed by atoms with Crippen LogP contribution in [0.2, 0.25) is 0 Å². The minimum Gasteiger partial charge on any atom is -0.352 e. The first kappa shape index (κ1) is 20.5. The molecule has 7 heteroatoms. The number of benzene rings is 2. The number of carbonyl (C=O) groups excluding carboxylic acids is 2. The molecule has 0 spiro atoms. The minimum absolute atomic E-state index is 0.101. The van der Waals surface area contributed by atoms with Gasteiger partial charge in [0.1, 0.15) is 5.82 Å². The number of amides is 2. The molecular weight excluding hydrogens is 396 g/mol. The van der Waals surface area contributed by atoms with Gasteiger partial charge < -0.3 is 15.2 Å². The first-order valence-corrected chi connectivity index (χ1v) is 11.4. The number of para-hydroxylation sites is 2. The van der Waals surface area contributed by atoms with Crippen molar-refractivity contribution in [2.24, 2.45) is 0 Å². The molecule has 3 aromatic rings. The molecule has 1 saturated heterocycles. The van der Waals surface area contributed by atoms with Gasteiger partial charge in [0, 0.05) is 31.0 Å². The lowest BCUT2D eigenvalue weighted by Crippen LogP contribution is -2.29. The number of H-pyrrole nitrogens is 1. The van der Waals surface area contributed by atoms with Crippen molar-refractivity contribution in [3.8, 4) is 0 Å². The second kappa shape index (κ2) is 9.80. The highest BCUT2D eigenvalue weighted by molar-refractivity contribution is 8.00. The van der Waals surface area contributed by atoms with E-state index in [0.717, 1.165) is 60.5 Å². The number of hydrogen-bond donors (Lipinski definition) is 2. The summed E-state index contributed by atoms with van der Waals surface area (Å²) in [5.41, 5.74) is 2.62. The molecule has 1 aliphatic heterocycles. The maximum atomic E-state index is 12.7. The molecule has 0 saturated carbocycles. The monoisotopic (exact) mass is 422 g/mol. The van der Waals surface area contributed by atoms with Crippen LogP contribution in [-0.4, -0.2) is 52.1 Å². The fourth-order valence-electron chi connectivity index (χ4n) is 3.65. The van der Waals surface area contributed by atoms with E-state index in [1.807, 2.05) is 53.4 Å². The van der Waals surface area contributed by atoms with Crippen LogP contribution in [0.4, 0.5) is 0 Å². The van der Waals surface area contributed by atoms with Gasteiger partial charge in [-0.3, -0.25) is 9.59 Å². The average Bonchev–Trinajstić information content (AvgIpc) is 3.45. The molecule has 2 N–H and O–H groups in total.